The van der Waals surface area contributed by atoms with Crippen LogP contribution in [-0.4, -0.2) is 35.0 Å². The van der Waals surface area contributed by atoms with E-state index in [9.17, 15) is 9.59 Å². The lowest BCUT2D eigenvalue weighted by atomic mass is 9.91. The maximum Gasteiger partial charge on any atom is 0.336 e. The van der Waals surface area contributed by atoms with Gasteiger partial charge < -0.3 is 4.74 Å². The standard InChI is InChI=1S/C29H27BrN2O3/c1-2-35-29(34)25-16-17-26-24-11-7-6-8-20(24)18-19-31(26)32(28(33)22-9-4-3-5-10-22)27(25)21-12-14-23(30)15-13-21/h3-16,26-27H,2,17-19H2,1H3/t26-,27-/m0/s1. The molecule has 0 spiro atoms. The van der Waals surface area contributed by atoms with Crippen molar-refractivity contribution >= 4 is 27.8 Å². The minimum atomic E-state index is -0.606. The Morgan fingerprint density at radius 2 is 1.69 bits per heavy atom. The number of amides is 1. The van der Waals surface area contributed by atoms with Crippen molar-refractivity contribution in [3.8, 4) is 0 Å². The quantitative estimate of drug-likeness (QED) is 0.386. The molecule has 5 rings (SSSR count). The number of halogens is 1. The normalized spacial score (nSPS) is 19.7. The Hall–Kier alpha value is -3.22. The van der Waals surface area contributed by atoms with Crippen LogP contribution in [0.5, 0.6) is 0 Å². The molecular formula is C29H27BrN2O3. The van der Waals surface area contributed by atoms with E-state index in [0.717, 1.165) is 16.5 Å². The van der Waals surface area contributed by atoms with Gasteiger partial charge in [-0.1, -0.05) is 76.6 Å². The minimum absolute atomic E-state index is 0.0579. The Bertz CT molecular complexity index is 1260. The number of carbonyl (C=O) groups is 2. The predicted octanol–water partition coefficient (Wildman–Crippen LogP) is 6.04. The molecule has 6 heteroatoms. The van der Waals surface area contributed by atoms with Gasteiger partial charge in [-0.15, -0.1) is 0 Å². The highest BCUT2D eigenvalue weighted by Gasteiger charge is 2.43. The van der Waals surface area contributed by atoms with Crippen molar-refractivity contribution < 1.29 is 14.3 Å². The maximum absolute atomic E-state index is 14.2. The number of benzene rings is 3. The van der Waals surface area contributed by atoms with Gasteiger partial charge in [0.1, 0.15) is 6.04 Å². The smallest absolute Gasteiger partial charge is 0.336 e. The first-order valence-corrected chi connectivity index (χ1v) is 12.7. The highest BCUT2D eigenvalue weighted by Crippen LogP contribution is 2.43. The average molecular weight is 531 g/mol. The summed E-state index contributed by atoms with van der Waals surface area (Å²) in [6.07, 6.45) is 3.41. The zero-order valence-electron chi connectivity index (χ0n) is 19.6. The predicted molar refractivity (Wildman–Crippen MR) is 138 cm³/mol. The Morgan fingerprint density at radius 1 is 0.971 bits per heavy atom. The molecule has 3 aromatic rings. The molecule has 0 aliphatic carbocycles. The van der Waals surface area contributed by atoms with Crippen LogP contribution in [0.15, 0.2) is 95.0 Å². The molecule has 0 saturated heterocycles. The second-order valence-corrected chi connectivity index (χ2v) is 9.63. The van der Waals surface area contributed by atoms with Crippen LogP contribution in [0, 0.1) is 0 Å². The highest BCUT2D eigenvalue weighted by molar-refractivity contribution is 9.10. The first-order valence-electron chi connectivity index (χ1n) is 11.9. The largest absolute Gasteiger partial charge is 0.463 e. The van der Waals surface area contributed by atoms with E-state index in [0.29, 0.717) is 24.1 Å². The molecule has 178 valence electrons. The fraction of sp³-hybridized carbons (Fsp3) is 0.241. The number of carbonyl (C=O) groups excluding carboxylic acids is 2. The molecule has 2 aliphatic rings. The van der Waals surface area contributed by atoms with E-state index in [1.807, 2.05) is 66.7 Å². The van der Waals surface area contributed by atoms with Crippen LogP contribution in [-0.2, 0) is 16.0 Å². The second kappa shape index (κ2) is 10.2. The molecule has 3 aromatic carbocycles. The van der Waals surface area contributed by atoms with E-state index in [4.69, 9.17) is 4.74 Å². The molecule has 0 saturated carbocycles. The van der Waals surface area contributed by atoms with Gasteiger partial charge in [0.05, 0.1) is 18.2 Å². The third-order valence-corrected chi connectivity index (χ3v) is 7.22. The van der Waals surface area contributed by atoms with E-state index in [1.165, 1.54) is 11.1 Å². The number of hydrogen-bond acceptors (Lipinski definition) is 4. The number of fused-ring (bicyclic) bond motifs is 3. The fourth-order valence-electron chi connectivity index (χ4n) is 5.10. The number of esters is 1. The van der Waals surface area contributed by atoms with Crippen LogP contribution >= 0.6 is 15.9 Å². The number of ether oxygens (including phenoxy) is 1. The Kier molecular flexibility index (Phi) is 6.84. The zero-order valence-corrected chi connectivity index (χ0v) is 21.1. The molecule has 0 fully saturated rings. The SMILES string of the molecule is CCOC(=O)C1=CC[C@H]2c3ccccc3CCN2N(C(=O)c2ccccc2)[C@H]1c1ccc(Br)cc1. The topological polar surface area (TPSA) is 49.9 Å². The van der Waals surface area contributed by atoms with Crippen molar-refractivity contribution in [3.05, 3.63) is 117 Å². The van der Waals surface area contributed by atoms with Crippen molar-refractivity contribution in [2.45, 2.75) is 31.8 Å². The van der Waals surface area contributed by atoms with Crippen molar-refractivity contribution in [3.63, 3.8) is 0 Å². The van der Waals surface area contributed by atoms with Crippen molar-refractivity contribution in [2.24, 2.45) is 0 Å². The van der Waals surface area contributed by atoms with Gasteiger partial charge in [-0.05, 0) is 60.7 Å². The van der Waals surface area contributed by atoms with Crippen molar-refractivity contribution in [1.29, 1.82) is 0 Å². The molecule has 0 N–H and O–H groups in total. The average Bonchev–Trinajstić information content (AvgIpc) is 3.07. The summed E-state index contributed by atoms with van der Waals surface area (Å²) in [6.45, 7) is 2.75. The zero-order chi connectivity index (χ0) is 24.4. The van der Waals surface area contributed by atoms with Crippen LogP contribution in [0.2, 0.25) is 0 Å². The molecule has 2 aliphatic heterocycles. The lowest BCUT2D eigenvalue weighted by molar-refractivity contribution is -0.140. The number of nitrogens with zero attached hydrogens (tertiary/aromatic N) is 2. The van der Waals surface area contributed by atoms with Gasteiger partial charge in [0, 0.05) is 16.6 Å². The van der Waals surface area contributed by atoms with Gasteiger partial charge in [-0.3, -0.25) is 9.80 Å². The Morgan fingerprint density at radius 3 is 2.43 bits per heavy atom. The first kappa shape index (κ1) is 23.5. The number of rotatable bonds is 4. The maximum atomic E-state index is 14.2. The monoisotopic (exact) mass is 530 g/mol. The Balaban J connectivity index is 1.71. The summed E-state index contributed by atoms with van der Waals surface area (Å²) in [6, 6.07) is 24.8. The molecule has 5 nitrogen and oxygen atoms in total. The molecule has 0 aromatic heterocycles. The van der Waals surface area contributed by atoms with Gasteiger partial charge in [0.15, 0.2) is 0 Å². The molecule has 1 amide bonds. The van der Waals surface area contributed by atoms with Crippen LogP contribution in [0.3, 0.4) is 0 Å². The van der Waals surface area contributed by atoms with Crippen molar-refractivity contribution in [1.82, 2.24) is 10.0 Å². The summed E-state index contributed by atoms with van der Waals surface area (Å²) in [4.78, 5) is 27.5. The molecule has 2 heterocycles. The van der Waals surface area contributed by atoms with E-state index < -0.39 is 6.04 Å². The summed E-state index contributed by atoms with van der Waals surface area (Å²) in [5, 5.41) is 3.96. The van der Waals surface area contributed by atoms with Gasteiger partial charge >= 0.3 is 5.97 Å². The first-order chi connectivity index (χ1) is 17.1. The molecular weight excluding hydrogens is 504 g/mol. The van der Waals surface area contributed by atoms with Crippen molar-refractivity contribution in [2.75, 3.05) is 13.2 Å². The van der Waals surface area contributed by atoms with Crippen LogP contribution in [0.4, 0.5) is 0 Å². The van der Waals surface area contributed by atoms with E-state index in [1.54, 1.807) is 11.9 Å². The summed E-state index contributed by atoms with van der Waals surface area (Å²) >= 11 is 3.51. The second-order valence-electron chi connectivity index (χ2n) is 8.71. The highest BCUT2D eigenvalue weighted by atomic mass is 79.9. The van der Waals surface area contributed by atoms with Gasteiger partial charge in [-0.25, -0.2) is 9.80 Å². The fourth-order valence-corrected chi connectivity index (χ4v) is 5.36. The summed E-state index contributed by atoms with van der Waals surface area (Å²) in [5.74, 6) is -0.528. The molecule has 35 heavy (non-hydrogen) atoms. The lowest BCUT2D eigenvalue weighted by Gasteiger charge is -2.45. The minimum Gasteiger partial charge on any atom is -0.463 e. The van der Waals surface area contributed by atoms with Crippen LogP contribution in [0.1, 0.15) is 52.5 Å². The lowest BCUT2D eigenvalue weighted by Crippen LogP contribution is -2.52. The number of hydrazine groups is 1. The molecule has 0 bridgehead atoms. The van der Waals surface area contributed by atoms with E-state index >= 15 is 0 Å². The molecule has 0 radical (unpaired) electrons. The Labute approximate surface area is 214 Å². The van der Waals surface area contributed by atoms with E-state index in [2.05, 4.69) is 39.1 Å². The van der Waals surface area contributed by atoms with Gasteiger partial charge in [0.25, 0.3) is 5.91 Å². The molecule has 2 atom stereocenters. The van der Waals surface area contributed by atoms with Gasteiger partial charge in [0.2, 0.25) is 0 Å². The summed E-state index contributed by atoms with van der Waals surface area (Å²) in [5.41, 5.74) is 4.41. The summed E-state index contributed by atoms with van der Waals surface area (Å²) in [7, 11) is 0. The third kappa shape index (κ3) is 4.56. The van der Waals surface area contributed by atoms with Crippen LogP contribution < -0.4 is 0 Å². The third-order valence-electron chi connectivity index (χ3n) is 6.69. The van der Waals surface area contributed by atoms with Crippen LogP contribution in [0.25, 0.3) is 0 Å². The summed E-state index contributed by atoms with van der Waals surface area (Å²) < 4.78 is 6.43. The van der Waals surface area contributed by atoms with Gasteiger partial charge in [-0.2, -0.15) is 0 Å². The van der Waals surface area contributed by atoms with E-state index in [-0.39, 0.29) is 24.5 Å². The molecule has 0 unspecified atom stereocenters. The number of hydrogen-bond donors (Lipinski definition) is 0.